The van der Waals surface area contributed by atoms with E-state index in [1.165, 1.54) is 12.1 Å². The van der Waals surface area contributed by atoms with Gasteiger partial charge in [-0.3, -0.25) is 19.3 Å². The van der Waals surface area contributed by atoms with E-state index >= 15 is 0 Å². The summed E-state index contributed by atoms with van der Waals surface area (Å²) in [6.45, 7) is 1.75. The molecular weight excluding hydrogens is 640 g/mol. The third-order valence-corrected chi connectivity index (χ3v) is 9.49. The summed E-state index contributed by atoms with van der Waals surface area (Å²) in [7, 11) is 0. The number of aromatic hydroxyl groups is 2. The minimum Gasteiger partial charge on any atom is -0.543 e. The van der Waals surface area contributed by atoms with Gasteiger partial charge in [0.25, 0.3) is 11.8 Å². The Labute approximate surface area is 275 Å². The molecule has 0 aliphatic carbocycles. The second-order valence-corrected chi connectivity index (χ2v) is 11.7. The third kappa shape index (κ3) is 5.27. The number of hydrogen-bond donors (Lipinski definition) is 4. The largest absolute Gasteiger partial charge is 1.00 e. The van der Waals surface area contributed by atoms with Crippen LogP contribution in [0.4, 0.5) is 5.13 Å². The number of aliphatic carboxylic acids is 1. The molecule has 1 saturated heterocycles. The molecule has 14 nitrogen and oxygen atoms in total. The molecule has 2 aromatic heterocycles. The van der Waals surface area contributed by atoms with Crippen molar-refractivity contribution in [3.05, 3.63) is 44.8 Å². The van der Waals surface area contributed by atoms with E-state index in [-0.39, 0.29) is 79.1 Å². The number of fused-ring (bicyclic) bond motifs is 2. The first-order chi connectivity index (χ1) is 19.5. The summed E-state index contributed by atoms with van der Waals surface area (Å²) in [4.78, 5) is 62.0. The summed E-state index contributed by atoms with van der Waals surface area (Å²) >= 11 is 8.03. The molecule has 19 heteroatoms. The number of nitrogen functional groups attached to an aromatic ring is 1. The topological polar surface area (TPSA) is 220 Å². The Kier molecular flexibility index (Phi) is 9.26. The van der Waals surface area contributed by atoms with Crippen molar-refractivity contribution in [1.29, 1.82) is 0 Å². The van der Waals surface area contributed by atoms with Gasteiger partial charge in [0.15, 0.2) is 27.6 Å². The first kappa shape index (κ1) is 31.8. The van der Waals surface area contributed by atoms with Crippen LogP contribution in [0, 0.1) is 0 Å². The van der Waals surface area contributed by atoms with Crippen molar-refractivity contribution in [3.63, 3.8) is 0 Å². The fourth-order valence-corrected chi connectivity index (χ4v) is 7.73. The fraction of sp³-hybridized carbons (Fsp3) is 0.217. The van der Waals surface area contributed by atoms with E-state index < -0.39 is 51.3 Å². The van der Waals surface area contributed by atoms with Crippen molar-refractivity contribution in [2.24, 2.45) is 5.16 Å². The maximum Gasteiger partial charge on any atom is 1.00 e. The minimum absolute atomic E-state index is 0. The summed E-state index contributed by atoms with van der Waals surface area (Å²) in [5.41, 5.74) is 2.55. The average Bonchev–Trinajstić information content (AvgIpc) is 3.37. The number of phenolic OH excluding ortho intramolecular Hbond substituents is 2. The van der Waals surface area contributed by atoms with E-state index in [0.717, 1.165) is 51.0 Å². The fourth-order valence-electron chi connectivity index (χ4n) is 4.23. The number of carboxylic acid groups (broad SMARTS) is 1. The van der Waals surface area contributed by atoms with Crippen LogP contribution in [0.3, 0.4) is 0 Å². The molecule has 212 valence electrons. The molecule has 1 fully saturated rings. The molecule has 2 atom stereocenters. The molecule has 5 N–H and O–H groups in total. The first-order valence-electron chi connectivity index (χ1n) is 11.5. The number of nitrogens with one attached hydrogen (secondary N) is 1. The molecule has 3 aromatic rings. The maximum absolute atomic E-state index is 13.6. The standard InChI is InChI=1S/C23H18N6O8S4.Na/c1-2-37-27-15(17-25-22(24)41-28-17)18(33)26-23(7-38)20(36)29-16(19(34)35)9(6-39-21(23)29)14-4-10(30)8-3-11(31)12(32)5-13(8)40-14;/h3-5,7,21,31-32H,2,6H2,1H3,(H,26,33)(H,34,35)(H2,24,25,28);/q;+1/p-1/b27-15-;/t21-,23+;/m0./s1. The molecule has 0 bridgehead atoms. The SMILES string of the molecule is CCO/N=C(\C(=O)N[C@]1(C=S)C(=O)N2C(C(=O)[O-])=C(c3cc(=O)c4cc(O)c(O)cc4s3)CS[C@H]21)c1nsc(N)n1.[Na+]. The second kappa shape index (κ2) is 12.2. The summed E-state index contributed by atoms with van der Waals surface area (Å²) < 4.78 is 4.24. The number of amides is 2. The molecular formula is C23H17N6NaO8S4. The number of carboxylic acids is 1. The Morgan fingerprint density at radius 3 is 2.67 bits per heavy atom. The molecule has 0 radical (unpaired) electrons. The van der Waals surface area contributed by atoms with Crippen LogP contribution in [0.15, 0.2) is 33.8 Å². The van der Waals surface area contributed by atoms with Gasteiger partial charge in [0.1, 0.15) is 12.0 Å². The number of thioether (sulfide) groups is 1. The van der Waals surface area contributed by atoms with Gasteiger partial charge in [-0.25, -0.2) is 0 Å². The van der Waals surface area contributed by atoms with Gasteiger partial charge in [0.05, 0.1) is 11.7 Å². The van der Waals surface area contributed by atoms with E-state index in [4.69, 9.17) is 22.8 Å². The average molecular weight is 657 g/mol. The van der Waals surface area contributed by atoms with Crippen LogP contribution in [-0.2, 0) is 19.2 Å². The molecule has 5 rings (SSSR count). The Hall–Kier alpha value is -3.13. The number of anilines is 1. The molecule has 2 aliphatic rings. The summed E-state index contributed by atoms with van der Waals surface area (Å²) in [5.74, 6) is -4.53. The molecule has 2 aliphatic heterocycles. The first-order valence-corrected chi connectivity index (χ1v) is 14.6. The van der Waals surface area contributed by atoms with Crippen LogP contribution in [0.2, 0.25) is 0 Å². The smallest absolute Gasteiger partial charge is 0.543 e. The molecule has 2 amide bonds. The molecule has 4 heterocycles. The summed E-state index contributed by atoms with van der Waals surface area (Å²) in [6.07, 6.45) is 0. The van der Waals surface area contributed by atoms with Gasteiger partial charge in [-0.15, -0.1) is 23.1 Å². The van der Waals surface area contributed by atoms with Gasteiger partial charge in [0.2, 0.25) is 11.5 Å². The van der Waals surface area contributed by atoms with Gasteiger partial charge in [-0.1, -0.05) is 17.4 Å². The van der Waals surface area contributed by atoms with E-state index in [9.17, 15) is 34.5 Å². The zero-order valence-electron chi connectivity index (χ0n) is 21.6. The number of benzene rings is 1. The predicted octanol–water partition coefficient (Wildman–Crippen LogP) is -3.22. The van der Waals surface area contributed by atoms with Gasteiger partial charge in [-0.05, 0) is 13.0 Å². The number of thiocarbonyl (C=S) groups is 1. The van der Waals surface area contributed by atoms with Crippen LogP contribution in [0.25, 0.3) is 15.7 Å². The Bertz CT molecular complexity index is 1770. The number of carbonyl (C=O) groups excluding carboxylic acids is 3. The number of rotatable bonds is 8. The number of phenols is 2. The van der Waals surface area contributed by atoms with E-state index in [2.05, 4.69) is 19.8 Å². The summed E-state index contributed by atoms with van der Waals surface area (Å²) in [6, 6.07) is 3.48. The van der Waals surface area contributed by atoms with Crippen molar-refractivity contribution >= 4 is 96.5 Å². The zero-order chi connectivity index (χ0) is 29.6. The quantitative estimate of drug-likeness (QED) is 0.0469. The van der Waals surface area contributed by atoms with Gasteiger partial charge in [-0.2, -0.15) is 9.36 Å². The van der Waals surface area contributed by atoms with Crippen molar-refractivity contribution in [1.82, 2.24) is 19.6 Å². The van der Waals surface area contributed by atoms with Gasteiger partial charge < -0.3 is 36.0 Å². The number of nitrogens with zero attached hydrogens (tertiary/aromatic N) is 4. The predicted molar refractivity (Wildman–Crippen MR) is 153 cm³/mol. The van der Waals surface area contributed by atoms with Crippen molar-refractivity contribution in [3.8, 4) is 11.5 Å². The number of hydrogen-bond acceptors (Lipinski definition) is 16. The Morgan fingerprint density at radius 1 is 1.33 bits per heavy atom. The number of oxime groups is 1. The van der Waals surface area contributed by atoms with Gasteiger partial charge >= 0.3 is 29.6 Å². The van der Waals surface area contributed by atoms with Gasteiger partial charge in [0, 0.05) is 55.3 Å². The summed E-state index contributed by atoms with van der Waals surface area (Å²) in [5, 5.41) is 38.5. The van der Waals surface area contributed by atoms with Crippen molar-refractivity contribution in [2.45, 2.75) is 17.8 Å². The minimum atomic E-state index is -1.81. The molecule has 1 aromatic carbocycles. The Balaban J connectivity index is 0.00000405. The van der Waals surface area contributed by atoms with E-state index in [0.29, 0.717) is 0 Å². The van der Waals surface area contributed by atoms with Crippen LogP contribution >= 0.6 is 46.8 Å². The van der Waals surface area contributed by atoms with Crippen LogP contribution in [0.1, 0.15) is 17.6 Å². The van der Waals surface area contributed by atoms with E-state index in [1.807, 2.05) is 0 Å². The number of nitrogens with two attached hydrogens (primary N) is 1. The van der Waals surface area contributed by atoms with Crippen LogP contribution < -0.4 is 51.1 Å². The van der Waals surface area contributed by atoms with E-state index in [1.54, 1.807) is 6.92 Å². The molecule has 0 saturated carbocycles. The molecule has 0 unspecified atom stereocenters. The molecule has 42 heavy (non-hydrogen) atoms. The zero-order valence-corrected chi connectivity index (χ0v) is 26.9. The third-order valence-electron chi connectivity index (χ3n) is 6.08. The van der Waals surface area contributed by atoms with Crippen LogP contribution in [-0.4, -0.2) is 76.6 Å². The van der Waals surface area contributed by atoms with Crippen molar-refractivity contribution < 1.29 is 64.1 Å². The Morgan fingerprint density at radius 2 is 2.05 bits per heavy atom. The van der Waals surface area contributed by atoms with Crippen molar-refractivity contribution in [2.75, 3.05) is 18.1 Å². The number of aromatic nitrogens is 2. The number of carbonyl (C=O) groups is 3. The normalized spacial score (nSPS) is 19.9. The maximum atomic E-state index is 13.6. The monoisotopic (exact) mass is 656 g/mol. The van der Waals surface area contributed by atoms with Crippen LogP contribution in [0.5, 0.6) is 11.5 Å². The second-order valence-electron chi connectivity index (χ2n) is 8.52. The number of β-lactam (4-membered cyclic amide) rings is 1. The molecule has 0 spiro atoms.